The van der Waals surface area contributed by atoms with Gasteiger partial charge in [0, 0.05) is 4.88 Å². The molecule has 0 fully saturated rings. The Hall–Kier alpha value is -2.32. The second kappa shape index (κ2) is 6.89. The minimum atomic E-state index is -0.459. The van der Waals surface area contributed by atoms with Crippen molar-refractivity contribution >= 4 is 44.6 Å². The van der Waals surface area contributed by atoms with Gasteiger partial charge in [-0.3, -0.25) is 14.2 Å². The first-order chi connectivity index (χ1) is 11.9. The molecule has 130 valence electrons. The Morgan fingerprint density at radius 2 is 2.00 bits per heavy atom. The number of carbonyl (C=O) groups excluding carboxylic acids is 2. The average molecular weight is 376 g/mol. The van der Waals surface area contributed by atoms with Crippen LogP contribution in [-0.2, 0) is 11.3 Å². The molecule has 0 bridgehead atoms. The molecule has 0 aliphatic carbocycles. The van der Waals surface area contributed by atoms with Gasteiger partial charge in [-0.2, -0.15) is 0 Å². The quantitative estimate of drug-likeness (QED) is 0.505. The van der Waals surface area contributed by atoms with E-state index in [1.54, 1.807) is 19.9 Å². The molecular formula is C17H16N2O4S2. The predicted molar refractivity (Wildman–Crippen MR) is 98.0 cm³/mol. The summed E-state index contributed by atoms with van der Waals surface area (Å²) in [5.41, 5.74) is 0.223. The Balaban J connectivity index is 1.99. The number of ether oxygens (including phenoxy) is 1. The highest BCUT2D eigenvalue weighted by molar-refractivity contribution is 7.20. The number of carbonyl (C=O) groups is 2. The van der Waals surface area contributed by atoms with Crippen molar-refractivity contribution in [3.63, 3.8) is 0 Å². The fourth-order valence-corrected chi connectivity index (χ4v) is 4.31. The molecule has 3 aromatic rings. The molecule has 8 heteroatoms. The number of nitrogens with zero attached hydrogens (tertiary/aromatic N) is 2. The minimum Gasteiger partial charge on any atom is -0.462 e. The number of esters is 1. The van der Waals surface area contributed by atoms with Crippen LogP contribution in [0.3, 0.4) is 0 Å². The summed E-state index contributed by atoms with van der Waals surface area (Å²) in [4.78, 5) is 43.8. The van der Waals surface area contributed by atoms with E-state index in [4.69, 9.17) is 4.74 Å². The average Bonchev–Trinajstić information content (AvgIpc) is 3.14. The van der Waals surface area contributed by atoms with Crippen LogP contribution in [0.1, 0.15) is 36.7 Å². The van der Waals surface area contributed by atoms with Gasteiger partial charge in [0.15, 0.2) is 5.78 Å². The number of fused-ring (bicyclic) bond motifs is 1. The Kier molecular flexibility index (Phi) is 4.82. The van der Waals surface area contributed by atoms with Crippen molar-refractivity contribution in [2.75, 3.05) is 6.61 Å². The molecule has 0 aliphatic rings. The number of hydrogen-bond donors (Lipinski definition) is 0. The summed E-state index contributed by atoms with van der Waals surface area (Å²) in [5, 5.41) is 0.366. The van der Waals surface area contributed by atoms with Gasteiger partial charge >= 0.3 is 5.97 Å². The van der Waals surface area contributed by atoms with E-state index in [1.165, 1.54) is 22.2 Å². The van der Waals surface area contributed by atoms with Gasteiger partial charge in [-0.15, -0.1) is 22.7 Å². The molecule has 0 atom stereocenters. The van der Waals surface area contributed by atoms with Crippen molar-refractivity contribution in [1.29, 1.82) is 0 Å². The molecule has 0 aromatic carbocycles. The van der Waals surface area contributed by atoms with Crippen molar-refractivity contribution < 1.29 is 14.3 Å². The molecule has 3 rings (SSSR count). The van der Waals surface area contributed by atoms with Crippen LogP contribution in [0.4, 0.5) is 0 Å². The van der Waals surface area contributed by atoms with Gasteiger partial charge in [-0.05, 0) is 38.5 Å². The van der Waals surface area contributed by atoms with E-state index in [0.717, 1.165) is 16.2 Å². The summed E-state index contributed by atoms with van der Waals surface area (Å²) in [6.07, 6.45) is 1.36. The Bertz CT molecular complexity index is 1030. The SMILES string of the molecule is CCOC(=O)c1sc2ncn(CC(=O)c3ccc(C)s3)c(=O)c2c1C. The zero-order valence-corrected chi connectivity index (χ0v) is 15.6. The third kappa shape index (κ3) is 3.27. The first-order valence-corrected chi connectivity index (χ1v) is 9.31. The van der Waals surface area contributed by atoms with E-state index in [2.05, 4.69) is 4.98 Å². The Labute approximate surface area is 151 Å². The summed E-state index contributed by atoms with van der Waals surface area (Å²) in [7, 11) is 0. The molecule has 25 heavy (non-hydrogen) atoms. The number of thiophene rings is 2. The molecule has 3 heterocycles. The first kappa shape index (κ1) is 17.5. The molecule has 0 radical (unpaired) electrons. The van der Waals surface area contributed by atoms with Crippen LogP contribution in [0.25, 0.3) is 10.2 Å². The molecule has 0 saturated heterocycles. The molecule has 0 unspecified atom stereocenters. The summed E-state index contributed by atoms with van der Waals surface area (Å²) in [6, 6.07) is 3.63. The van der Waals surface area contributed by atoms with Gasteiger partial charge in [0.2, 0.25) is 0 Å². The monoisotopic (exact) mass is 376 g/mol. The highest BCUT2D eigenvalue weighted by Gasteiger charge is 2.21. The summed E-state index contributed by atoms with van der Waals surface area (Å²) in [5.74, 6) is -0.598. The summed E-state index contributed by atoms with van der Waals surface area (Å²) < 4.78 is 6.30. The molecule has 0 saturated carbocycles. The van der Waals surface area contributed by atoms with E-state index in [9.17, 15) is 14.4 Å². The first-order valence-electron chi connectivity index (χ1n) is 7.67. The highest BCUT2D eigenvalue weighted by Crippen LogP contribution is 2.27. The number of Topliss-reactive ketones (excluding diaryl/α,β-unsaturated/α-hetero) is 1. The van der Waals surface area contributed by atoms with E-state index >= 15 is 0 Å². The maximum absolute atomic E-state index is 12.7. The molecular weight excluding hydrogens is 360 g/mol. The van der Waals surface area contributed by atoms with Crippen LogP contribution in [0.5, 0.6) is 0 Å². The Morgan fingerprint density at radius 1 is 1.24 bits per heavy atom. The zero-order chi connectivity index (χ0) is 18.1. The van der Waals surface area contributed by atoms with E-state index in [0.29, 0.717) is 25.5 Å². The number of hydrogen-bond acceptors (Lipinski definition) is 7. The number of aromatic nitrogens is 2. The zero-order valence-electron chi connectivity index (χ0n) is 14.0. The van der Waals surface area contributed by atoms with E-state index in [-0.39, 0.29) is 24.5 Å². The molecule has 0 amide bonds. The Morgan fingerprint density at radius 3 is 2.64 bits per heavy atom. The molecule has 0 aliphatic heterocycles. The smallest absolute Gasteiger partial charge is 0.348 e. The molecule has 0 spiro atoms. The second-order valence-electron chi connectivity index (χ2n) is 5.47. The second-order valence-corrected chi connectivity index (χ2v) is 7.75. The highest BCUT2D eigenvalue weighted by atomic mass is 32.1. The summed E-state index contributed by atoms with van der Waals surface area (Å²) >= 11 is 2.53. The number of ketones is 1. The van der Waals surface area contributed by atoms with E-state index < -0.39 is 5.97 Å². The molecule has 6 nitrogen and oxygen atoms in total. The lowest BCUT2D eigenvalue weighted by molar-refractivity contribution is 0.0531. The van der Waals surface area contributed by atoms with Crippen molar-refractivity contribution in [3.8, 4) is 0 Å². The van der Waals surface area contributed by atoms with Gasteiger partial charge in [0.05, 0.1) is 29.7 Å². The van der Waals surface area contributed by atoms with Gasteiger partial charge < -0.3 is 4.74 Å². The topological polar surface area (TPSA) is 78.3 Å². The van der Waals surface area contributed by atoms with Crippen LogP contribution in [0.15, 0.2) is 23.3 Å². The van der Waals surface area contributed by atoms with Crippen LogP contribution in [-0.4, -0.2) is 27.9 Å². The van der Waals surface area contributed by atoms with Crippen LogP contribution < -0.4 is 5.56 Å². The van der Waals surface area contributed by atoms with Crippen molar-refractivity contribution in [2.24, 2.45) is 0 Å². The lowest BCUT2D eigenvalue weighted by Gasteiger charge is -2.03. The van der Waals surface area contributed by atoms with Gasteiger partial charge in [0.1, 0.15) is 9.71 Å². The van der Waals surface area contributed by atoms with Gasteiger partial charge in [-0.25, -0.2) is 9.78 Å². The lowest BCUT2D eigenvalue weighted by atomic mass is 10.2. The van der Waals surface area contributed by atoms with E-state index in [1.807, 2.05) is 13.0 Å². The minimum absolute atomic E-state index is 0.0776. The summed E-state index contributed by atoms with van der Waals surface area (Å²) in [6.45, 7) is 5.53. The predicted octanol–water partition coefficient (Wildman–Crippen LogP) is 3.20. The largest absolute Gasteiger partial charge is 0.462 e. The normalized spacial score (nSPS) is 11.0. The van der Waals surface area contributed by atoms with Crippen LogP contribution in [0.2, 0.25) is 0 Å². The standard InChI is InChI=1S/C17H16N2O4S2/c1-4-23-17(22)14-10(3)13-15(25-14)18-8-19(16(13)21)7-11(20)12-6-5-9(2)24-12/h5-6,8H,4,7H2,1-3H3. The van der Waals surface area contributed by atoms with Gasteiger partial charge in [0.25, 0.3) is 5.56 Å². The maximum atomic E-state index is 12.7. The van der Waals surface area contributed by atoms with Crippen molar-refractivity contribution in [3.05, 3.63) is 49.0 Å². The third-order valence-electron chi connectivity index (χ3n) is 3.71. The number of aryl methyl sites for hydroxylation is 2. The van der Waals surface area contributed by atoms with Crippen LogP contribution in [0, 0.1) is 13.8 Å². The third-order valence-corrected chi connectivity index (χ3v) is 5.93. The van der Waals surface area contributed by atoms with Crippen LogP contribution >= 0.6 is 22.7 Å². The molecule has 0 N–H and O–H groups in total. The fourth-order valence-electron chi connectivity index (χ4n) is 2.48. The molecule has 3 aromatic heterocycles. The maximum Gasteiger partial charge on any atom is 0.348 e. The lowest BCUT2D eigenvalue weighted by Crippen LogP contribution is -2.24. The van der Waals surface area contributed by atoms with Gasteiger partial charge in [-0.1, -0.05) is 0 Å². The van der Waals surface area contributed by atoms with Crippen molar-refractivity contribution in [2.45, 2.75) is 27.3 Å². The number of rotatable bonds is 5. The van der Waals surface area contributed by atoms with Crippen molar-refractivity contribution in [1.82, 2.24) is 9.55 Å². The fraction of sp³-hybridized carbons (Fsp3) is 0.294.